The Balaban J connectivity index is 1.72. The molecule has 2 heterocycles. The molecule has 0 radical (unpaired) electrons. The number of rotatable bonds is 2. The minimum Gasteiger partial charge on any atom is -0.325 e. The molecule has 2 N–H and O–H groups in total. The lowest BCUT2D eigenvalue weighted by atomic mass is 9.88. The molecule has 96 valence electrons. The topological polar surface area (TPSA) is 41.1 Å². The maximum Gasteiger partial charge on any atom is 0.229 e. The first-order chi connectivity index (χ1) is 8.63. The Labute approximate surface area is 128 Å². The average molecular weight is 421 g/mol. The lowest BCUT2D eigenvalue weighted by Crippen LogP contribution is -2.33. The second kappa shape index (κ2) is 5.09. The minimum atomic E-state index is 0.138. The predicted molar refractivity (Wildman–Crippen MR) is 83.5 cm³/mol. The van der Waals surface area contributed by atoms with Crippen molar-refractivity contribution in [2.24, 2.45) is 5.92 Å². The number of hydrogen-bond acceptors (Lipinski definition) is 2. The van der Waals surface area contributed by atoms with Crippen molar-refractivity contribution in [1.82, 2.24) is 5.32 Å². The summed E-state index contributed by atoms with van der Waals surface area (Å²) in [6.07, 6.45) is 3.35. The zero-order valence-electron chi connectivity index (χ0n) is 9.75. The van der Waals surface area contributed by atoms with Crippen LogP contribution in [0, 0.1) is 9.49 Å². The van der Waals surface area contributed by atoms with E-state index in [1.165, 1.54) is 6.42 Å². The molecule has 5 heteroatoms. The highest BCUT2D eigenvalue weighted by Crippen LogP contribution is 2.34. The molecule has 2 aliphatic rings. The molecule has 1 aromatic rings. The van der Waals surface area contributed by atoms with Gasteiger partial charge in [0.25, 0.3) is 0 Å². The van der Waals surface area contributed by atoms with E-state index >= 15 is 0 Å². The summed E-state index contributed by atoms with van der Waals surface area (Å²) in [7, 11) is 0. The van der Waals surface area contributed by atoms with Gasteiger partial charge in [0, 0.05) is 20.1 Å². The van der Waals surface area contributed by atoms with Crippen molar-refractivity contribution in [2.75, 3.05) is 5.32 Å². The third-order valence-corrected chi connectivity index (χ3v) is 5.26. The smallest absolute Gasteiger partial charge is 0.229 e. The highest BCUT2D eigenvalue weighted by atomic mass is 127. The van der Waals surface area contributed by atoms with Gasteiger partial charge in [-0.1, -0.05) is 15.9 Å². The van der Waals surface area contributed by atoms with Crippen molar-refractivity contribution in [2.45, 2.75) is 31.3 Å². The third kappa shape index (κ3) is 2.44. The molecular weight excluding hydrogens is 407 g/mol. The Kier molecular flexibility index (Phi) is 3.64. The molecule has 0 aliphatic carbocycles. The zero-order chi connectivity index (χ0) is 12.7. The molecule has 2 saturated heterocycles. The first-order valence-electron chi connectivity index (χ1n) is 6.15. The first-order valence-corrected chi connectivity index (χ1v) is 8.02. The minimum absolute atomic E-state index is 0.138. The highest BCUT2D eigenvalue weighted by Gasteiger charge is 2.42. The van der Waals surface area contributed by atoms with Gasteiger partial charge < -0.3 is 10.6 Å². The van der Waals surface area contributed by atoms with E-state index in [1.54, 1.807) is 0 Å². The molecule has 0 saturated carbocycles. The Hall–Kier alpha value is -0.140. The third-order valence-electron chi connectivity index (χ3n) is 3.82. The van der Waals surface area contributed by atoms with Gasteiger partial charge >= 0.3 is 0 Å². The standard InChI is InChI=1S/C13H14BrIN2O/c14-7-1-3-10(15)12(5-7)17-13(18)9-6-8-2-4-11(9)16-8/h1,3,5,8-9,11,16H,2,4,6H2,(H,17,18). The molecule has 1 aromatic carbocycles. The van der Waals surface area contributed by atoms with Gasteiger partial charge in [-0.3, -0.25) is 4.79 Å². The summed E-state index contributed by atoms with van der Waals surface area (Å²) in [4.78, 5) is 12.3. The molecule has 3 rings (SSSR count). The number of fused-ring (bicyclic) bond motifs is 2. The molecule has 2 fully saturated rings. The van der Waals surface area contributed by atoms with Crippen LogP contribution >= 0.6 is 38.5 Å². The van der Waals surface area contributed by atoms with E-state index in [0.717, 1.165) is 26.6 Å². The Morgan fingerprint density at radius 1 is 1.44 bits per heavy atom. The van der Waals surface area contributed by atoms with Gasteiger partial charge in [0.05, 0.1) is 11.6 Å². The molecule has 3 nitrogen and oxygen atoms in total. The highest BCUT2D eigenvalue weighted by molar-refractivity contribution is 14.1. The summed E-state index contributed by atoms with van der Waals surface area (Å²) in [6, 6.07) is 6.89. The summed E-state index contributed by atoms with van der Waals surface area (Å²) in [5, 5.41) is 6.56. The van der Waals surface area contributed by atoms with E-state index in [1.807, 2.05) is 18.2 Å². The van der Waals surface area contributed by atoms with E-state index in [2.05, 4.69) is 49.2 Å². The maximum atomic E-state index is 12.3. The summed E-state index contributed by atoms with van der Waals surface area (Å²) >= 11 is 5.68. The van der Waals surface area contributed by atoms with Crippen molar-refractivity contribution in [3.05, 3.63) is 26.2 Å². The van der Waals surface area contributed by atoms with Crippen LogP contribution in [0.15, 0.2) is 22.7 Å². The normalized spacial score (nSPS) is 29.6. The van der Waals surface area contributed by atoms with E-state index in [-0.39, 0.29) is 11.8 Å². The lowest BCUT2D eigenvalue weighted by Gasteiger charge is -2.19. The van der Waals surface area contributed by atoms with E-state index in [4.69, 9.17) is 0 Å². The molecule has 2 aliphatic heterocycles. The van der Waals surface area contributed by atoms with Crippen LogP contribution < -0.4 is 10.6 Å². The maximum absolute atomic E-state index is 12.3. The summed E-state index contributed by atoms with van der Waals surface area (Å²) in [6.45, 7) is 0. The number of hydrogen-bond donors (Lipinski definition) is 2. The average Bonchev–Trinajstić information content (AvgIpc) is 2.96. The van der Waals surface area contributed by atoms with Crippen molar-refractivity contribution in [1.29, 1.82) is 0 Å². The monoisotopic (exact) mass is 420 g/mol. The van der Waals surface area contributed by atoms with Crippen molar-refractivity contribution in [3.63, 3.8) is 0 Å². The molecule has 3 atom stereocenters. The molecule has 3 unspecified atom stereocenters. The van der Waals surface area contributed by atoms with Gasteiger partial charge in [-0.25, -0.2) is 0 Å². The van der Waals surface area contributed by atoms with Crippen LogP contribution in [0.25, 0.3) is 0 Å². The summed E-state index contributed by atoms with van der Waals surface area (Å²) in [5.74, 6) is 0.296. The van der Waals surface area contributed by atoms with Crippen LogP contribution in [0.4, 0.5) is 5.69 Å². The quantitative estimate of drug-likeness (QED) is 0.721. The zero-order valence-corrected chi connectivity index (χ0v) is 13.5. The number of carbonyl (C=O) groups is 1. The van der Waals surface area contributed by atoms with Gasteiger partial charge in [-0.2, -0.15) is 0 Å². The van der Waals surface area contributed by atoms with Gasteiger partial charge in [-0.05, 0) is 60.1 Å². The fourth-order valence-corrected chi connectivity index (χ4v) is 3.76. The second-order valence-electron chi connectivity index (χ2n) is 5.00. The molecule has 0 aromatic heterocycles. The van der Waals surface area contributed by atoms with Crippen LogP contribution in [0.5, 0.6) is 0 Å². The van der Waals surface area contributed by atoms with Crippen molar-refractivity contribution >= 4 is 50.1 Å². The fraction of sp³-hybridized carbons (Fsp3) is 0.462. The van der Waals surface area contributed by atoms with Crippen LogP contribution in [0.1, 0.15) is 19.3 Å². The number of anilines is 1. The van der Waals surface area contributed by atoms with Gasteiger partial charge in [0.1, 0.15) is 0 Å². The molecule has 1 amide bonds. The predicted octanol–water partition coefficient (Wildman–Crippen LogP) is 3.13. The number of nitrogens with one attached hydrogen (secondary N) is 2. The molecular formula is C13H14BrIN2O. The lowest BCUT2D eigenvalue weighted by molar-refractivity contribution is -0.120. The van der Waals surface area contributed by atoms with Gasteiger partial charge in [-0.15, -0.1) is 0 Å². The van der Waals surface area contributed by atoms with Crippen LogP contribution in [0.3, 0.4) is 0 Å². The number of carbonyl (C=O) groups excluding carboxylic acids is 1. The second-order valence-corrected chi connectivity index (χ2v) is 7.08. The SMILES string of the molecule is O=C(Nc1cc(Br)ccc1I)C1CC2CCC1N2. The van der Waals surface area contributed by atoms with Gasteiger partial charge in [0.2, 0.25) is 5.91 Å². The Morgan fingerprint density at radius 3 is 2.94 bits per heavy atom. The van der Waals surface area contributed by atoms with E-state index in [0.29, 0.717) is 12.1 Å². The fourth-order valence-electron chi connectivity index (χ4n) is 2.93. The Bertz CT molecular complexity index is 494. The Morgan fingerprint density at radius 2 is 2.28 bits per heavy atom. The van der Waals surface area contributed by atoms with Crippen LogP contribution in [0.2, 0.25) is 0 Å². The molecule has 18 heavy (non-hydrogen) atoms. The summed E-state index contributed by atoms with van der Waals surface area (Å²) < 4.78 is 2.06. The number of benzene rings is 1. The first kappa shape index (κ1) is 12.9. The largest absolute Gasteiger partial charge is 0.325 e. The summed E-state index contributed by atoms with van der Waals surface area (Å²) in [5.41, 5.74) is 0.901. The van der Waals surface area contributed by atoms with Crippen molar-refractivity contribution < 1.29 is 4.79 Å². The number of halogens is 2. The van der Waals surface area contributed by atoms with Gasteiger partial charge in [0.15, 0.2) is 0 Å². The van der Waals surface area contributed by atoms with Crippen LogP contribution in [-0.4, -0.2) is 18.0 Å². The van der Waals surface area contributed by atoms with E-state index in [9.17, 15) is 4.79 Å². The molecule has 0 spiro atoms. The molecule has 2 bridgehead atoms. The number of amides is 1. The van der Waals surface area contributed by atoms with Crippen LogP contribution in [-0.2, 0) is 4.79 Å². The van der Waals surface area contributed by atoms with Crippen molar-refractivity contribution in [3.8, 4) is 0 Å². The van der Waals surface area contributed by atoms with E-state index < -0.39 is 0 Å².